The SMILES string of the molecule is FC1(F)CC2CNC(c3ccc(Cl)c(Cl)c3)C2C1. The highest BCUT2D eigenvalue weighted by atomic mass is 35.5. The first-order chi connectivity index (χ1) is 8.46. The van der Waals surface area contributed by atoms with Crippen LogP contribution in [0.2, 0.25) is 10.0 Å². The van der Waals surface area contributed by atoms with Crippen molar-refractivity contribution in [3.05, 3.63) is 33.8 Å². The molecule has 0 aromatic heterocycles. The van der Waals surface area contributed by atoms with Crippen molar-refractivity contribution < 1.29 is 8.78 Å². The van der Waals surface area contributed by atoms with Crippen LogP contribution in [-0.2, 0) is 0 Å². The van der Waals surface area contributed by atoms with Gasteiger partial charge in [-0.25, -0.2) is 8.78 Å². The summed E-state index contributed by atoms with van der Waals surface area (Å²) in [5.41, 5.74) is 0.953. The van der Waals surface area contributed by atoms with E-state index in [4.69, 9.17) is 23.2 Å². The van der Waals surface area contributed by atoms with Gasteiger partial charge in [-0.1, -0.05) is 29.3 Å². The third kappa shape index (κ3) is 2.13. The maximum Gasteiger partial charge on any atom is 0.248 e. The minimum absolute atomic E-state index is 0.00247. The number of hydrogen-bond donors (Lipinski definition) is 1. The van der Waals surface area contributed by atoms with Crippen molar-refractivity contribution in [1.29, 1.82) is 0 Å². The Labute approximate surface area is 114 Å². The number of alkyl halides is 2. The highest BCUT2D eigenvalue weighted by Gasteiger charge is 2.52. The molecule has 2 aliphatic rings. The molecule has 1 N–H and O–H groups in total. The number of halogens is 4. The van der Waals surface area contributed by atoms with Crippen molar-refractivity contribution >= 4 is 23.2 Å². The summed E-state index contributed by atoms with van der Waals surface area (Å²) < 4.78 is 26.8. The molecule has 1 heterocycles. The van der Waals surface area contributed by atoms with Crippen LogP contribution in [0.25, 0.3) is 0 Å². The predicted molar refractivity (Wildman–Crippen MR) is 68.4 cm³/mol. The lowest BCUT2D eigenvalue weighted by molar-refractivity contribution is -0.000618. The summed E-state index contributed by atoms with van der Waals surface area (Å²) in [6.45, 7) is 0.658. The summed E-state index contributed by atoms with van der Waals surface area (Å²) >= 11 is 11.9. The molecule has 1 aliphatic carbocycles. The largest absolute Gasteiger partial charge is 0.309 e. The normalized spacial score (nSPS) is 33.7. The van der Waals surface area contributed by atoms with Crippen molar-refractivity contribution in [3.63, 3.8) is 0 Å². The number of nitrogens with one attached hydrogen (secondary N) is 1. The number of benzene rings is 1. The van der Waals surface area contributed by atoms with Crippen LogP contribution in [0.1, 0.15) is 24.4 Å². The third-order valence-corrected chi connectivity index (χ3v) is 4.77. The van der Waals surface area contributed by atoms with Gasteiger partial charge in [0.25, 0.3) is 0 Å². The lowest BCUT2D eigenvalue weighted by atomic mass is 9.90. The van der Waals surface area contributed by atoms with Crippen molar-refractivity contribution in [3.8, 4) is 0 Å². The molecular weight excluding hydrogens is 279 g/mol. The lowest BCUT2D eigenvalue weighted by Gasteiger charge is -2.20. The van der Waals surface area contributed by atoms with Crippen LogP contribution in [0.15, 0.2) is 18.2 Å². The molecular formula is C13H13Cl2F2N. The maximum atomic E-state index is 13.4. The minimum atomic E-state index is -2.51. The number of rotatable bonds is 1. The van der Waals surface area contributed by atoms with E-state index in [1.165, 1.54) is 0 Å². The van der Waals surface area contributed by atoms with Crippen molar-refractivity contribution in [2.24, 2.45) is 11.8 Å². The zero-order valence-electron chi connectivity index (χ0n) is 9.60. The summed E-state index contributed by atoms with van der Waals surface area (Å²) in [6.07, 6.45) is -0.0297. The average Bonchev–Trinajstić information content (AvgIpc) is 2.77. The molecule has 1 aromatic rings. The molecule has 2 fully saturated rings. The minimum Gasteiger partial charge on any atom is -0.309 e. The second-order valence-corrected chi connectivity index (χ2v) is 6.06. The first kappa shape index (κ1) is 12.6. The average molecular weight is 292 g/mol. The van der Waals surface area contributed by atoms with Gasteiger partial charge in [-0.15, -0.1) is 0 Å². The molecule has 18 heavy (non-hydrogen) atoms. The van der Waals surface area contributed by atoms with E-state index < -0.39 is 5.92 Å². The van der Waals surface area contributed by atoms with E-state index in [2.05, 4.69) is 5.32 Å². The van der Waals surface area contributed by atoms with Crippen molar-refractivity contribution in [1.82, 2.24) is 5.32 Å². The smallest absolute Gasteiger partial charge is 0.248 e. The van der Waals surface area contributed by atoms with Crippen LogP contribution in [0.5, 0.6) is 0 Å². The molecule has 1 aromatic carbocycles. The Bertz CT molecular complexity index is 478. The zero-order valence-corrected chi connectivity index (χ0v) is 11.1. The molecule has 1 aliphatic heterocycles. The van der Waals surface area contributed by atoms with Gasteiger partial charge in [0.2, 0.25) is 5.92 Å². The summed E-state index contributed by atoms with van der Waals surface area (Å²) in [7, 11) is 0. The van der Waals surface area contributed by atoms with Gasteiger partial charge in [-0.05, 0) is 36.1 Å². The second-order valence-electron chi connectivity index (χ2n) is 5.25. The zero-order chi connectivity index (χ0) is 12.9. The van der Waals surface area contributed by atoms with Crippen LogP contribution in [0.4, 0.5) is 8.78 Å². The topological polar surface area (TPSA) is 12.0 Å². The van der Waals surface area contributed by atoms with Gasteiger partial charge < -0.3 is 5.32 Å². The first-order valence-corrected chi connectivity index (χ1v) is 6.78. The summed E-state index contributed by atoms with van der Waals surface area (Å²) in [4.78, 5) is 0. The van der Waals surface area contributed by atoms with Crippen molar-refractivity contribution in [2.75, 3.05) is 6.54 Å². The molecule has 1 saturated carbocycles. The van der Waals surface area contributed by atoms with Gasteiger partial charge >= 0.3 is 0 Å². The molecule has 1 nitrogen and oxygen atoms in total. The monoisotopic (exact) mass is 291 g/mol. The fourth-order valence-corrected chi connectivity index (χ4v) is 3.55. The predicted octanol–water partition coefficient (Wildman–Crippen LogP) is 4.30. The van der Waals surface area contributed by atoms with E-state index in [-0.39, 0.29) is 30.7 Å². The highest BCUT2D eigenvalue weighted by molar-refractivity contribution is 6.42. The number of fused-ring (bicyclic) bond motifs is 1. The Kier molecular flexibility index (Phi) is 3.04. The quantitative estimate of drug-likeness (QED) is 0.813. The van der Waals surface area contributed by atoms with E-state index >= 15 is 0 Å². The van der Waals surface area contributed by atoms with Crippen molar-refractivity contribution in [2.45, 2.75) is 24.8 Å². The van der Waals surface area contributed by atoms with Crippen LogP contribution in [-0.4, -0.2) is 12.5 Å². The van der Waals surface area contributed by atoms with Gasteiger partial charge in [0.1, 0.15) is 0 Å². The van der Waals surface area contributed by atoms with Crippen LogP contribution in [0.3, 0.4) is 0 Å². The fourth-order valence-electron chi connectivity index (χ4n) is 3.24. The molecule has 3 unspecified atom stereocenters. The Balaban J connectivity index is 1.87. The van der Waals surface area contributed by atoms with Gasteiger partial charge in [0, 0.05) is 18.9 Å². The lowest BCUT2D eigenvalue weighted by Crippen LogP contribution is -2.22. The Morgan fingerprint density at radius 3 is 2.67 bits per heavy atom. The molecule has 1 saturated heterocycles. The fraction of sp³-hybridized carbons (Fsp3) is 0.538. The Hall–Kier alpha value is -0.380. The van der Waals surface area contributed by atoms with Crippen LogP contribution in [0, 0.1) is 11.8 Å². The molecule has 98 valence electrons. The second kappa shape index (κ2) is 4.32. The van der Waals surface area contributed by atoms with Gasteiger partial charge in [-0.3, -0.25) is 0 Å². The molecule has 0 spiro atoms. The van der Waals surface area contributed by atoms with Gasteiger partial charge in [0.15, 0.2) is 0 Å². The van der Waals surface area contributed by atoms with E-state index in [9.17, 15) is 8.78 Å². The standard InChI is InChI=1S/C13H13Cl2F2N/c14-10-2-1-7(3-11(10)15)12-9-5-13(16,17)4-8(9)6-18-12/h1-3,8-9,12,18H,4-6H2. The summed E-state index contributed by atoms with van der Waals surface area (Å²) in [5.74, 6) is -2.44. The molecule has 5 heteroatoms. The first-order valence-electron chi connectivity index (χ1n) is 6.02. The Morgan fingerprint density at radius 1 is 1.17 bits per heavy atom. The van der Waals surface area contributed by atoms with E-state index in [0.717, 1.165) is 5.56 Å². The molecule has 0 radical (unpaired) electrons. The molecule has 0 bridgehead atoms. The number of hydrogen-bond acceptors (Lipinski definition) is 1. The maximum absolute atomic E-state index is 13.4. The van der Waals surface area contributed by atoms with Crippen LogP contribution < -0.4 is 5.32 Å². The molecule has 0 amide bonds. The molecule has 3 atom stereocenters. The Morgan fingerprint density at radius 2 is 1.94 bits per heavy atom. The summed E-state index contributed by atoms with van der Waals surface area (Å²) in [6, 6.07) is 5.34. The van der Waals surface area contributed by atoms with E-state index in [0.29, 0.717) is 16.6 Å². The van der Waals surface area contributed by atoms with Gasteiger partial charge in [0.05, 0.1) is 10.0 Å². The highest BCUT2D eigenvalue weighted by Crippen LogP contribution is 2.51. The van der Waals surface area contributed by atoms with E-state index in [1.54, 1.807) is 12.1 Å². The molecule has 3 rings (SSSR count). The van der Waals surface area contributed by atoms with E-state index in [1.807, 2.05) is 6.07 Å². The third-order valence-electron chi connectivity index (χ3n) is 4.03. The van der Waals surface area contributed by atoms with Crippen LogP contribution >= 0.6 is 23.2 Å². The summed E-state index contributed by atoms with van der Waals surface area (Å²) in [5, 5.41) is 4.29. The van der Waals surface area contributed by atoms with Gasteiger partial charge in [-0.2, -0.15) is 0 Å².